The van der Waals surface area contributed by atoms with E-state index in [0.717, 1.165) is 27.9 Å². The molecule has 0 saturated heterocycles. The zero-order valence-corrected chi connectivity index (χ0v) is 19.2. The van der Waals surface area contributed by atoms with Crippen molar-refractivity contribution < 1.29 is 4.79 Å². The van der Waals surface area contributed by atoms with Gasteiger partial charge in [0.05, 0.1) is 17.2 Å². The Labute approximate surface area is 197 Å². The zero-order chi connectivity index (χ0) is 23.8. The lowest BCUT2D eigenvalue weighted by atomic mass is 10.1. The molecule has 0 aliphatic carbocycles. The maximum absolute atomic E-state index is 13.4. The Hall–Kier alpha value is -4.52. The molecule has 0 aliphatic heterocycles. The summed E-state index contributed by atoms with van der Waals surface area (Å²) in [5, 5.41) is 7.56. The molecule has 34 heavy (non-hydrogen) atoms. The third kappa shape index (κ3) is 3.88. The van der Waals surface area contributed by atoms with E-state index >= 15 is 0 Å². The molecular formula is C27H24N6O. The Morgan fingerprint density at radius 1 is 0.941 bits per heavy atom. The average molecular weight is 449 g/mol. The molecule has 5 rings (SSSR count). The fraction of sp³-hybridized carbons (Fsp3) is 0.111. The Balaban J connectivity index is 1.66. The van der Waals surface area contributed by atoms with Gasteiger partial charge in [-0.2, -0.15) is 9.78 Å². The fourth-order valence-electron chi connectivity index (χ4n) is 3.82. The molecule has 0 atom stereocenters. The lowest BCUT2D eigenvalue weighted by molar-refractivity contribution is 0.102. The van der Waals surface area contributed by atoms with Crippen LogP contribution in [0, 0.1) is 20.8 Å². The van der Waals surface area contributed by atoms with Gasteiger partial charge in [-0.3, -0.25) is 4.79 Å². The average Bonchev–Trinajstić information content (AvgIpc) is 3.09. The fourth-order valence-corrected chi connectivity index (χ4v) is 3.82. The number of benzene rings is 3. The lowest BCUT2D eigenvalue weighted by Gasteiger charge is -2.09. The molecule has 7 nitrogen and oxygen atoms in total. The minimum Gasteiger partial charge on any atom is -0.383 e. The van der Waals surface area contributed by atoms with Crippen LogP contribution in [0.15, 0.2) is 71.8 Å². The molecule has 2 heterocycles. The summed E-state index contributed by atoms with van der Waals surface area (Å²) in [4.78, 5) is 22.9. The molecule has 0 bridgehead atoms. The van der Waals surface area contributed by atoms with E-state index in [4.69, 9.17) is 15.7 Å². The minimum atomic E-state index is -0.356. The Kier molecular flexibility index (Phi) is 5.30. The number of amides is 1. The monoisotopic (exact) mass is 448 g/mol. The van der Waals surface area contributed by atoms with E-state index in [1.165, 1.54) is 4.68 Å². The number of aromatic nitrogens is 3. The van der Waals surface area contributed by atoms with Crippen LogP contribution in [0.25, 0.3) is 22.2 Å². The quantitative estimate of drug-likeness (QED) is 0.368. The highest BCUT2D eigenvalue weighted by Crippen LogP contribution is 2.29. The van der Waals surface area contributed by atoms with Crippen LogP contribution in [0.1, 0.15) is 32.6 Å². The SMILES string of the molecule is Cc1ccc(/C=N\n2c(N)c(C(=O)Nc3cc(C)ccc3C)c3nc4ccccc4nc32)cc1. The molecule has 0 unspecified atom stereocenters. The number of rotatable bonds is 4. The first kappa shape index (κ1) is 21.3. The molecule has 0 aliphatic rings. The van der Waals surface area contributed by atoms with Crippen molar-refractivity contribution in [2.45, 2.75) is 20.8 Å². The number of carbonyl (C=O) groups is 1. The summed E-state index contributed by atoms with van der Waals surface area (Å²) in [6.07, 6.45) is 1.69. The molecule has 1 amide bonds. The van der Waals surface area contributed by atoms with E-state index in [1.54, 1.807) is 6.21 Å². The van der Waals surface area contributed by atoms with Crippen LogP contribution in [-0.2, 0) is 0 Å². The van der Waals surface area contributed by atoms with Gasteiger partial charge >= 0.3 is 0 Å². The van der Waals surface area contributed by atoms with Gasteiger partial charge in [-0.1, -0.05) is 54.1 Å². The van der Waals surface area contributed by atoms with Crippen molar-refractivity contribution >= 4 is 45.8 Å². The number of hydrogen-bond acceptors (Lipinski definition) is 5. The van der Waals surface area contributed by atoms with Crippen LogP contribution in [-0.4, -0.2) is 26.8 Å². The summed E-state index contributed by atoms with van der Waals surface area (Å²) in [6, 6.07) is 21.4. The Bertz CT molecular complexity index is 1580. The number of nitrogens with one attached hydrogen (secondary N) is 1. The van der Waals surface area contributed by atoms with Gasteiger partial charge in [0.2, 0.25) is 0 Å². The van der Waals surface area contributed by atoms with Gasteiger partial charge in [0.15, 0.2) is 5.65 Å². The van der Waals surface area contributed by atoms with Crippen molar-refractivity contribution in [3.05, 3.63) is 94.5 Å². The van der Waals surface area contributed by atoms with Gasteiger partial charge in [-0.15, -0.1) is 0 Å². The van der Waals surface area contributed by atoms with Crippen LogP contribution >= 0.6 is 0 Å². The van der Waals surface area contributed by atoms with Crippen LogP contribution in [0.5, 0.6) is 0 Å². The van der Waals surface area contributed by atoms with E-state index in [0.29, 0.717) is 22.2 Å². The van der Waals surface area contributed by atoms with Gasteiger partial charge in [-0.25, -0.2) is 9.97 Å². The van der Waals surface area contributed by atoms with Crippen LogP contribution in [0.4, 0.5) is 11.5 Å². The van der Waals surface area contributed by atoms with Crippen molar-refractivity contribution in [1.82, 2.24) is 14.6 Å². The molecule has 7 heteroatoms. The van der Waals surface area contributed by atoms with E-state index in [1.807, 2.05) is 87.5 Å². The number of para-hydroxylation sites is 2. The van der Waals surface area contributed by atoms with Crippen molar-refractivity contribution in [1.29, 1.82) is 0 Å². The summed E-state index contributed by atoms with van der Waals surface area (Å²) in [6.45, 7) is 5.95. The second kappa shape index (κ2) is 8.44. The Morgan fingerprint density at radius 3 is 2.35 bits per heavy atom. The highest BCUT2D eigenvalue weighted by Gasteiger charge is 2.24. The number of nitrogens with zero attached hydrogens (tertiary/aromatic N) is 4. The number of nitrogen functional groups attached to an aromatic ring is 1. The van der Waals surface area contributed by atoms with Crippen molar-refractivity contribution in [3.63, 3.8) is 0 Å². The summed E-state index contributed by atoms with van der Waals surface area (Å²) in [7, 11) is 0. The van der Waals surface area contributed by atoms with Crippen LogP contribution < -0.4 is 11.1 Å². The third-order valence-corrected chi connectivity index (χ3v) is 5.74. The van der Waals surface area contributed by atoms with Gasteiger partial charge in [0.1, 0.15) is 16.9 Å². The molecule has 0 spiro atoms. The molecule has 168 valence electrons. The van der Waals surface area contributed by atoms with Crippen LogP contribution in [0.3, 0.4) is 0 Å². The summed E-state index contributed by atoms with van der Waals surface area (Å²) >= 11 is 0. The first-order valence-electron chi connectivity index (χ1n) is 11.0. The maximum Gasteiger partial charge on any atom is 0.261 e. The second-order valence-corrected chi connectivity index (χ2v) is 8.38. The topological polar surface area (TPSA) is 98.2 Å². The molecule has 2 aromatic heterocycles. The summed E-state index contributed by atoms with van der Waals surface area (Å²) < 4.78 is 1.48. The van der Waals surface area contributed by atoms with E-state index < -0.39 is 0 Å². The molecule has 0 radical (unpaired) electrons. The van der Waals surface area contributed by atoms with Crippen LogP contribution in [0.2, 0.25) is 0 Å². The molecule has 5 aromatic rings. The van der Waals surface area contributed by atoms with Crippen molar-refractivity contribution in [2.24, 2.45) is 5.10 Å². The number of fused-ring (bicyclic) bond motifs is 2. The normalized spacial score (nSPS) is 11.5. The van der Waals surface area contributed by atoms with Gasteiger partial charge < -0.3 is 11.1 Å². The number of carbonyl (C=O) groups excluding carboxylic acids is 1. The number of nitrogens with two attached hydrogens (primary N) is 1. The largest absolute Gasteiger partial charge is 0.383 e. The van der Waals surface area contributed by atoms with E-state index in [-0.39, 0.29) is 17.3 Å². The lowest BCUT2D eigenvalue weighted by Crippen LogP contribution is -2.15. The number of aryl methyl sites for hydroxylation is 3. The Morgan fingerprint density at radius 2 is 1.62 bits per heavy atom. The highest BCUT2D eigenvalue weighted by atomic mass is 16.1. The third-order valence-electron chi connectivity index (χ3n) is 5.74. The van der Waals surface area contributed by atoms with Gasteiger partial charge in [-0.05, 0) is 55.7 Å². The molecule has 0 saturated carbocycles. The van der Waals surface area contributed by atoms with Crippen molar-refractivity contribution in [2.75, 3.05) is 11.1 Å². The predicted octanol–water partition coefficient (Wildman–Crippen LogP) is 5.23. The first-order valence-corrected chi connectivity index (χ1v) is 11.0. The van der Waals surface area contributed by atoms with Gasteiger partial charge in [0.25, 0.3) is 5.91 Å². The van der Waals surface area contributed by atoms with E-state index in [2.05, 4.69) is 10.4 Å². The number of anilines is 2. The standard InChI is InChI=1S/C27H24N6O/c1-16-9-12-19(13-10-16)15-29-33-25(28)23(27(34)32-22-14-17(2)8-11-18(22)3)24-26(33)31-21-7-5-4-6-20(21)30-24/h4-15H,28H2,1-3H3,(H,32,34)/b29-15-. The number of hydrogen-bond donors (Lipinski definition) is 2. The predicted molar refractivity (Wildman–Crippen MR) is 137 cm³/mol. The smallest absolute Gasteiger partial charge is 0.261 e. The van der Waals surface area contributed by atoms with E-state index in [9.17, 15) is 4.79 Å². The zero-order valence-electron chi connectivity index (χ0n) is 19.2. The summed E-state index contributed by atoms with van der Waals surface area (Å²) in [5.41, 5.74) is 13.7. The van der Waals surface area contributed by atoms with Gasteiger partial charge in [0, 0.05) is 5.69 Å². The maximum atomic E-state index is 13.4. The van der Waals surface area contributed by atoms with Crippen molar-refractivity contribution in [3.8, 4) is 0 Å². The molecule has 3 aromatic carbocycles. The second-order valence-electron chi connectivity index (χ2n) is 8.38. The first-order chi connectivity index (χ1) is 16.4. The molecular weight excluding hydrogens is 424 g/mol. The summed E-state index contributed by atoms with van der Waals surface area (Å²) in [5.74, 6) is -0.179. The molecule has 3 N–H and O–H groups in total. The minimum absolute atomic E-state index is 0.177. The molecule has 0 fully saturated rings. The highest BCUT2D eigenvalue weighted by molar-refractivity contribution is 6.16.